The Morgan fingerprint density at radius 3 is 2.20 bits per heavy atom. The van der Waals surface area contributed by atoms with Crippen LogP contribution < -0.4 is 20.3 Å². The van der Waals surface area contributed by atoms with Crippen molar-refractivity contribution in [1.82, 2.24) is 10.9 Å². The van der Waals surface area contributed by atoms with E-state index < -0.39 is 23.7 Å². The lowest BCUT2D eigenvalue weighted by Gasteiger charge is -2.15. The van der Waals surface area contributed by atoms with Crippen LogP contribution in [0.2, 0.25) is 0 Å². The fourth-order valence-corrected chi connectivity index (χ4v) is 1.93. The minimum Gasteiger partial charge on any atom is -0.494 e. The van der Waals surface area contributed by atoms with E-state index in [1.54, 1.807) is 31.2 Å². The molecule has 2 aromatic carbocycles. The van der Waals surface area contributed by atoms with E-state index in [9.17, 15) is 14.0 Å². The number of hydrogen-bond acceptors (Lipinski definition) is 4. The third-order valence-corrected chi connectivity index (χ3v) is 3.22. The average Bonchev–Trinajstić information content (AvgIpc) is 2.61. The molecule has 0 saturated carbocycles. The summed E-state index contributed by atoms with van der Waals surface area (Å²) in [6, 6.07) is 11.8. The predicted octanol–water partition coefficient (Wildman–Crippen LogP) is 2.45. The highest BCUT2D eigenvalue weighted by Gasteiger charge is 2.16. The van der Waals surface area contributed by atoms with Crippen molar-refractivity contribution in [2.24, 2.45) is 0 Å². The molecule has 1 atom stereocenters. The highest BCUT2D eigenvalue weighted by molar-refractivity contribution is 5.95. The molecule has 7 heteroatoms. The van der Waals surface area contributed by atoms with E-state index in [0.29, 0.717) is 18.1 Å². The minimum atomic E-state index is -0.827. The fraction of sp³-hybridized carbons (Fsp3) is 0.222. The zero-order chi connectivity index (χ0) is 18.2. The van der Waals surface area contributed by atoms with Gasteiger partial charge in [-0.25, -0.2) is 4.39 Å². The number of rotatable bonds is 6. The first-order valence-corrected chi connectivity index (χ1v) is 7.75. The number of halogens is 1. The second-order valence-corrected chi connectivity index (χ2v) is 5.11. The summed E-state index contributed by atoms with van der Waals surface area (Å²) >= 11 is 0. The third kappa shape index (κ3) is 5.49. The maximum Gasteiger partial charge on any atom is 0.279 e. The molecule has 0 unspecified atom stereocenters. The number of amides is 2. The van der Waals surface area contributed by atoms with Crippen LogP contribution in [0.5, 0.6) is 11.5 Å². The van der Waals surface area contributed by atoms with E-state index in [0.717, 1.165) is 12.1 Å². The van der Waals surface area contributed by atoms with Crippen LogP contribution in [-0.2, 0) is 4.79 Å². The molecule has 2 amide bonds. The van der Waals surface area contributed by atoms with Gasteiger partial charge < -0.3 is 9.47 Å². The van der Waals surface area contributed by atoms with Crippen LogP contribution in [-0.4, -0.2) is 24.5 Å². The normalized spacial score (nSPS) is 11.3. The molecule has 0 bridgehead atoms. The Kier molecular flexibility index (Phi) is 6.33. The van der Waals surface area contributed by atoms with E-state index >= 15 is 0 Å². The van der Waals surface area contributed by atoms with Crippen LogP contribution in [0.15, 0.2) is 48.5 Å². The van der Waals surface area contributed by atoms with Crippen molar-refractivity contribution in [3.63, 3.8) is 0 Å². The molecule has 132 valence electrons. The van der Waals surface area contributed by atoms with Gasteiger partial charge in [-0.3, -0.25) is 20.4 Å². The lowest BCUT2D eigenvalue weighted by Crippen LogP contribution is -2.47. The molecule has 0 aliphatic carbocycles. The average molecular weight is 346 g/mol. The van der Waals surface area contributed by atoms with E-state index in [4.69, 9.17) is 9.47 Å². The van der Waals surface area contributed by atoms with Gasteiger partial charge in [0.2, 0.25) is 0 Å². The number of carbonyl (C=O) groups is 2. The zero-order valence-electron chi connectivity index (χ0n) is 13.9. The molecule has 0 radical (unpaired) electrons. The Morgan fingerprint density at radius 1 is 1.00 bits per heavy atom. The van der Waals surface area contributed by atoms with E-state index in [2.05, 4.69) is 10.9 Å². The van der Waals surface area contributed by atoms with Crippen molar-refractivity contribution in [3.05, 3.63) is 59.9 Å². The number of benzene rings is 2. The summed E-state index contributed by atoms with van der Waals surface area (Å²) in [5, 5.41) is 0. The summed E-state index contributed by atoms with van der Waals surface area (Å²) in [6.07, 6.45) is -0.827. The van der Waals surface area contributed by atoms with Gasteiger partial charge in [-0.2, -0.15) is 0 Å². The van der Waals surface area contributed by atoms with Crippen molar-refractivity contribution >= 4 is 11.8 Å². The molecule has 2 N–H and O–H groups in total. The van der Waals surface area contributed by atoms with Gasteiger partial charge in [0.15, 0.2) is 6.10 Å². The molecule has 0 spiro atoms. The molecule has 6 nitrogen and oxygen atoms in total. The van der Waals surface area contributed by atoms with E-state index in [1.165, 1.54) is 12.1 Å². The highest BCUT2D eigenvalue weighted by Crippen LogP contribution is 2.18. The molecule has 0 saturated heterocycles. The lowest BCUT2D eigenvalue weighted by atomic mass is 10.2. The van der Waals surface area contributed by atoms with Gasteiger partial charge >= 0.3 is 0 Å². The molecule has 0 aliphatic rings. The molecule has 0 fully saturated rings. The largest absolute Gasteiger partial charge is 0.494 e. The van der Waals surface area contributed by atoms with Gasteiger partial charge in [0.25, 0.3) is 11.8 Å². The van der Waals surface area contributed by atoms with Gasteiger partial charge in [0.1, 0.15) is 17.3 Å². The summed E-state index contributed by atoms with van der Waals surface area (Å²) < 4.78 is 23.6. The molecular formula is C18H19FN2O4. The zero-order valence-corrected chi connectivity index (χ0v) is 13.9. The summed E-state index contributed by atoms with van der Waals surface area (Å²) in [6.45, 7) is 4.00. The lowest BCUT2D eigenvalue weighted by molar-refractivity contribution is -0.128. The van der Waals surface area contributed by atoms with Crippen molar-refractivity contribution in [3.8, 4) is 11.5 Å². The molecule has 0 heterocycles. The molecule has 2 rings (SSSR count). The van der Waals surface area contributed by atoms with Gasteiger partial charge in [-0.1, -0.05) is 0 Å². The smallest absolute Gasteiger partial charge is 0.279 e. The summed E-state index contributed by atoms with van der Waals surface area (Å²) in [4.78, 5) is 23.8. The Bertz CT molecular complexity index is 717. The molecule has 2 aromatic rings. The number of hydrogen-bond donors (Lipinski definition) is 2. The number of nitrogens with one attached hydrogen (secondary N) is 2. The first kappa shape index (κ1) is 18.3. The molecule has 0 aromatic heterocycles. The number of hydrazine groups is 1. The second kappa shape index (κ2) is 8.68. The first-order chi connectivity index (χ1) is 12.0. The quantitative estimate of drug-likeness (QED) is 0.788. The summed E-state index contributed by atoms with van der Waals surface area (Å²) in [5.74, 6) is -0.321. The van der Waals surface area contributed by atoms with Crippen molar-refractivity contribution in [2.45, 2.75) is 20.0 Å². The van der Waals surface area contributed by atoms with Crippen molar-refractivity contribution in [2.75, 3.05) is 6.61 Å². The molecule has 25 heavy (non-hydrogen) atoms. The minimum absolute atomic E-state index is 0.224. The van der Waals surface area contributed by atoms with Crippen LogP contribution in [0.3, 0.4) is 0 Å². The maximum atomic E-state index is 12.8. The SMILES string of the molecule is CCOc1ccc(O[C@@H](C)C(=O)NNC(=O)c2ccc(F)cc2)cc1. The van der Waals surface area contributed by atoms with Gasteiger partial charge in [-0.15, -0.1) is 0 Å². The summed E-state index contributed by atoms with van der Waals surface area (Å²) in [5.41, 5.74) is 4.74. The third-order valence-electron chi connectivity index (χ3n) is 3.22. The van der Waals surface area contributed by atoms with Crippen LogP contribution in [0, 0.1) is 5.82 Å². The maximum absolute atomic E-state index is 12.8. The Balaban J connectivity index is 1.83. The second-order valence-electron chi connectivity index (χ2n) is 5.11. The number of carbonyl (C=O) groups excluding carboxylic acids is 2. The first-order valence-electron chi connectivity index (χ1n) is 7.75. The topological polar surface area (TPSA) is 76.7 Å². The van der Waals surface area contributed by atoms with Crippen molar-refractivity contribution in [1.29, 1.82) is 0 Å². The van der Waals surface area contributed by atoms with Crippen molar-refractivity contribution < 1.29 is 23.5 Å². The molecule has 0 aliphatic heterocycles. The van der Waals surface area contributed by atoms with Gasteiger partial charge in [0.05, 0.1) is 6.61 Å². The number of ether oxygens (including phenoxy) is 2. The summed E-state index contributed by atoms with van der Waals surface area (Å²) in [7, 11) is 0. The molecular weight excluding hydrogens is 327 g/mol. The highest BCUT2D eigenvalue weighted by atomic mass is 19.1. The van der Waals surface area contributed by atoms with E-state index in [1.807, 2.05) is 6.92 Å². The predicted molar refractivity (Wildman–Crippen MR) is 89.7 cm³/mol. The van der Waals surface area contributed by atoms with Crippen LogP contribution in [0.25, 0.3) is 0 Å². The Morgan fingerprint density at radius 2 is 1.60 bits per heavy atom. The fourth-order valence-electron chi connectivity index (χ4n) is 1.93. The van der Waals surface area contributed by atoms with Crippen LogP contribution >= 0.6 is 0 Å². The van der Waals surface area contributed by atoms with Crippen LogP contribution in [0.4, 0.5) is 4.39 Å². The Hall–Kier alpha value is -3.09. The van der Waals surface area contributed by atoms with Gasteiger partial charge in [0, 0.05) is 5.56 Å². The standard InChI is InChI=1S/C18H19FN2O4/c1-3-24-15-8-10-16(11-9-15)25-12(2)17(22)20-21-18(23)13-4-6-14(19)7-5-13/h4-12H,3H2,1-2H3,(H,20,22)(H,21,23)/t12-/m0/s1. The van der Waals surface area contributed by atoms with E-state index in [-0.39, 0.29) is 5.56 Å². The Labute approximate surface area is 144 Å². The monoisotopic (exact) mass is 346 g/mol. The van der Waals surface area contributed by atoms with Gasteiger partial charge in [-0.05, 0) is 62.4 Å². The van der Waals surface area contributed by atoms with Crippen LogP contribution in [0.1, 0.15) is 24.2 Å².